The lowest BCUT2D eigenvalue weighted by Crippen LogP contribution is -2.02. The molecule has 0 aliphatic carbocycles. The second kappa shape index (κ2) is 5.29. The summed E-state index contributed by atoms with van der Waals surface area (Å²) < 4.78 is 16.4. The summed E-state index contributed by atoms with van der Waals surface area (Å²) in [5.74, 6) is 2.53. The summed E-state index contributed by atoms with van der Waals surface area (Å²) in [5.41, 5.74) is 3.27. The van der Waals surface area contributed by atoms with Crippen LogP contribution in [0.2, 0.25) is 0 Å². The van der Waals surface area contributed by atoms with E-state index < -0.39 is 0 Å². The number of fused-ring (bicyclic) bond motifs is 2. The van der Waals surface area contributed by atoms with Crippen molar-refractivity contribution in [2.45, 2.75) is 6.61 Å². The Morgan fingerprint density at radius 1 is 0.850 bits per heavy atom. The third kappa shape index (κ3) is 2.35. The van der Waals surface area contributed by atoms with E-state index in [0.29, 0.717) is 6.61 Å². The molecule has 20 heavy (non-hydrogen) atoms. The van der Waals surface area contributed by atoms with E-state index in [9.17, 15) is 0 Å². The molecular weight excluding hydrogens is 252 g/mol. The van der Waals surface area contributed by atoms with Crippen molar-refractivity contribution in [1.29, 1.82) is 0 Å². The third-order valence-electron chi connectivity index (χ3n) is 3.39. The summed E-state index contributed by atoms with van der Waals surface area (Å²) in [6, 6.07) is 11.8. The zero-order valence-electron chi connectivity index (χ0n) is 11.6. The van der Waals surface area contributed by atoms with Gasteiger partial charge in [-0.2, -0.15) is 0 Å². The first-order chi connectivity index (χ1) is 9.80. The Kier molecular flexibility index (Phi) is 3.33. The van der Waals surface area contributed by atoms with Crippen molar-refractivity contribution in [3.63, 3.8) is 0 Å². The van der Waals surface area contributed by atoms with Gasteiger partial charge in [0.1, 0.15) is 23.9 Å². The van der Waals surface area contributed by atoms with Gasteiger partial charge < -0.3 is 14.2 Å². The maximum absolute atomic E-state index is 5.89. The molecule has 0 saturated carbocycles. The van der Waals surface area contributed by atoms with Gasteiger partial charge in [0.2, 0.25) is 0 Å². The number of hydrogen-bond acceptors (Lipinski definition) is 3. The molecule has 3 rings (SSSR count). The van der Waals surface area contributed by atoms with E-state index >= 15 is 0 Å². The Hall–Kier alpha value is -2.42. The molecule has 2 aromatic carbocycles. The molecule has 1 aliphatic rings. The molecule has 0 atom stereocenters. The number of methoxy groups -OCH3 is 2. The fraction of sp³-hybridized carbons (Fsp3) is 0.176. The van der Waals surface area contributed by atoms with Gasteiger partial charge in [0.15, 0.2) is 0 Å². The fourth-order valence-corrected chi connectivity index (χ4v) is 2.25. The Morgan fingerprint density at radius 2 is 1.55 bits per heavy atom. The van der Waals surface area contributed by atoms with Crippen LogP contribution in [0.15, 0.2) is 36.4 Å². The molecule has 2 aromatic rings. The molecule has 0 bridgehead atoms. The average molecular weight is 268 g/mol. The highest BCUT2D eigenvalue weighted by Crippen LogP contribution is 2.30. The molecule has 1 heterocycles. The predicted octanol–water partition coefficient (Wildman–Crippen LogP) is 3.77. The smallest absolute Gasteiger partial charge is 0.127 e. The van der Waals surface area contributed by atoms with Gasteiger partial charge in [0, 0.05) is 11.1 Å². The maximum Gasteiger partial charge on any atom is 0.127 e. The van der Waals surface area contributed by atoms with Gasteiger partial charge in [0.05, 0.1) is 14.2 Å². The van der Waals surface area contributed by atoms with Crippen molar-refractivity contribution in [1.82, 2.24) is 0 Å². The summed E-state index contributed by atoms with van der Waals surface area (Å²) >= 11 is 0. The van der Waals surface area contributed by atoms with Gasteiger partial charge in [-0.25, -0.2) is 0 Å². The van der Waals surface area contributed by atoms with Crippen molar-refractivity contribution in [3.05, 3.63) is 53.1 Å². The van der Waals surface area contributed by atoms with Crippen LogP contribution in [0, 0.1) is 0 Å². The van der Waals surface area contributed by atoms with Crippen LogP contribution in [0.5, 0.6) is 17.2 Å². The second-order valence-electron chi connectivity index (χ2n) is 4.59. The molecule has 0 fully saturated rings. The molecule has 3 heteroatoms. The molecule has 102 valence electrons. The first-order valence-electron chi connectivity index (χ1n) is 6.46. The van der Waals surface area contributed by atoms with Crippen LogP contribution >= 0.6 is 0 Å². The van der Waals surface area contributed by atoms with E-state index in [1.807, 2.05) is 42.5 Å². The lowest BCUT2D eigenvalue weighted by atomic mass is 10.0. The minimum Gasteiger partial charge on any atom is -0.497 e. The number of hydrogen-bond donors (Lipinski definition) is 0. The van der Waals surface area contributed by atoms with Crippen molar-refractivity contribution in [3.8, 4) is 17.2 Å². The molecule has 0 saturated heterocycles. The molecule has 3 nitrogen and oxygen atoms in total. The Morgan fingerprint density at radius 3 is 2.35 bits per heavy atom. The van der Waals surface area contributed by atoms with E-state index in [2.05, 4.69) is 6.08 Å². The third-order valence-corrected chi connectivity index (χ3v) is 3.39. The Labute approximate surface area is 118 Å². The summed E-state index contributed by atoms with van der Waals surface area (Å²) in [6.07, 6.45) is 4.14. The highest BCUT2D eigenvalue weighted by Gasteiger charge is 2.10. The average Bonchev–Trinajstić information content (AvgIpc) is 2.49. The van der Waals surface area contributed by atoms with Crippen molar-refractivity contribution < 1.29 is 14.2 Å². The molecule has 0 unspecified atom stereocenters. The first-order valence-corrected chi connectivity index (χ1v) is 6.46. The van der Waals surface area contributed by atoms with Crippen LogP contribution in [0.4, 0.5) is 0 Å². The Balaban J connectivity index is 2.02. The first kappa shape index (κ1) is 12.6. The zero-order chi connectivity index (χ0) is 13.9. The van der Waals surface area contributed by atoms with Gasteiger partial charge in [-0.1, -0.05) is 18.2 Å². The molecule has 0 aromatic heterocycles. The van der Waals surface area contributed by atoms with Crippen molar-refractivity contribution in [2.75, 3.05) is 14.2 Å². The van der Waals surface area contributed by atoms with Crippen LogP contribution in [-0.4, -0.2) is 14.2 Å². The lowest BCUT2D eigenvalue weighted by Gasteiger charge is -2.16. The van der Waals surface area contributed by atoms with Crippen LogP contribution in [0.1, 0.15) is 16.7 Å². The molecule has 1 aliphatic heterocycles. The molecule has 0 radical (unpaired) electrons. The minimum atomic E-state index is 0.524. The highest BCUT2D eigenvalue weighted by atomic mass is 16.5. The summed E-state index contributed by atoms with van der Waals surface area (Å²) in [4.78, 5) is 0. The van der Waals surface area contributed by atoms with Gasteiger partial charge in [-0.05, 0) is 35.9 Å². The largest absolute Gasteiger partial charge is 0.497 e. The minimum absolute atomic E-state index is 0.524. The molecular formula is C17H16O3. The van der Waals surface area contributed by atoms with E-state index in [1.54, 1.807) is 14.2 Å². The van der Waals surface area contributed by atoms with E-state index in [1.165, 1.54) is 0 Å². The van der Waals surface area contributed by atoms with Gasteiger partial charge in [0.25, 0.3) is 0 Å². The quantitative estimate of drug-likeness (QED) is 0.830. The molecule has 0 amide bonds. The van der Waals surface area contributed by atoms with E-state index in [-0.39, 0.29) is 0 Å². The van der Waals surface area contributed by atoms with Crippen LogP contribution in [0.3, 0.4) is 0 Å². The fourth-order valence-electron chi connectivity index (χ4n) is 2.25. The summed E-state index contributed by atoms with van der Waals surface area (Å²) in [5, 5.41) is 0. The molecule has 0 spiro atoms. The van der Waals surface area contributed by atoms with Gasteiger partial charge in [-0.3, -0.25) is 0 Å². The van der Waals surface area contributed by atoms with Crippen LogP contribution in [-0.2, 0) is 6.61 Å². The van der Waals surface area contributed by atoms with Gasteiger partial charge >= 0.3 is 0 Å². The van der Waals surface area contributed by atoms with Crippen LogP contribution < -0.4 is 14.2 Å². The van der Waals surface area contributed by atoms with E-state index in [4.69, 9.17) is 14.2 Å². The van der Waals surface area contributed by atoms with Gasteiger partial charge in [-0.15, -0.1) is 0 Å². The highest BCUT2D eigenvalue weighted by molar-refractivity contribution is 5.75. The maximum atomic E-state index is 5.89. The topological polar surface area (TPSA) is 27.7 Å². The number of ether oxygens (including phenoxy) is 3. The summed E-state index contributed by atoms with van der Waals surface area (Å²) in [6.45, 7) is 0.524. The van der Waals surface area contributed by atoms with Crippen molar-refractivity contribution in [2.24, 2.45) is 0 Å². The summed E-state index contributed by atoms with van der Waals surface area (Å²) in [7, 11) is 3.33. The standard InChI is InChI=1S/C17H16O3/c1-18-15-6-5-12-3-4-13-9-16(19-2)7-8-17(13)20-11-14(12)10-15/h3-10H,11H2,1-2H3/b4-3-. The van der Waals surface area contributed by atoms with Crippen molar-refractivity contribution >= 4 is 12.2 Å². The van der Waals surface area contributed by atoms with Crippen LogP contribution in [0.25, 0.3) is 12.2 Å². The SMILES string of the molecule is COc1ccc2c(c1)/C=C\c1ccc(OC)cc1CO2. The zero-order valence-corrected chi connectivity index (χ0v) is 11.6. The monoisotopic (exact) mass is 268 g/mol. The van der Waals surface area contributed by atoms with E-state index in [0.717, 1.165) is 33.9 Å². The Bertz CT molecular complexity index is 659. The number of rotatable bonds is 2. The predicted molar refractivity (Wildman–Crippen MR) is 79.2 cm³/mol. The normalized spacial score (nSPS) is 14.1. The molecule has 0 N–H and O–H groups in total. The number of benzene rings is 2. The lowest BCUT2D eigenvalue weighted by molar-refractivity contribution is 0.303. The second-order valence-corrected chi connectivity index (χ2v) is 4.59.